The number of hydrogen-bond acceptors (Lipinski definition) is 2. The molecule has 0 radical (unpaired) electrons. The predicted octanol–water partition coefficient (Wildman–Crippen LogP) is 1.56. The van der Waals surface area contributed by atoms with E-state index in [0.29, 0.717) is 0 Å². The summed E-state index contributed by atoms with van der Waals surface area (Å²) in [5, 5.41) is 3.03. The third-order valence-electron chi connectivity index (χ3n) is 1.42. The number of rotatable bonds is 3. The molecule has 0 saturated heterocycles. The largest absolute Gasteiger partial charge is 0.465 e. The molecule has 1 aromatic heterocycles. The van der Waals surface area contributed by atoms with E-state index in [-0.39, 0.29) is 0 Å². The van der Waals surface area contributed by atoms with Gasteiger partial charge in [-0.3, -0.25) is 0 Å². The normalized spacial score (nSPS) is 10.2. The average Bonchev–Trinajstić information content (AvgIpc) is 2.37. The second-order valence-electron chi connectivity index (χ2n) is 2.25. The van der Waals surface area contributed by atoms with E-state index in [1.54, 1.807) is 0 Å². The van der Waals surface area contributed by atoms with Crippen molar-refractivity contribution >= 4 is 0 Å². The summed E-state index contributed by atoms with van der Waals surface area (Å²) in [6.07, 6.45) is 0.976. The number of hydrogen-bond donors (Lipinski definition) is 1. The lowest BCUT2D eigenvalue weighted by molar-refractivity contribution is 0.459. The van der Waals surface area contributed by atoms with Crippen LogP contribution in [-0.2, 0) is 13.0 Å². The predicted molar refractivity (Wildman–Crippen MR) is 40.8 cm³/mol. The molecule has 1 aromatic rings. The van der Waals surface area contributed by atoms with Crippen molar-refractivity contribution in [3.8, 4) is 0 Å². The van der Waals surface area contributed by atoms with Gasteiger partial charge in [-0.15, -0.1) is 0 Å². The highest BCUT2D eigenvalue weighted by Crippen LogP contribution is 2.07. The molecule has 1 rings (SSSR count). The van der Waals surface area contributed by atoms with Crippen LogP contribution in [0.15, 0.2) is 16.5 Å². The molecule has 2 nitrogen and oxygen atoms in total. The Morgan fingerprint density at radius 2 is 2.10 bits per heavy atom. The van der Waals surface area contributed by atoms with E-state index in [4.69, 9.17) is 4.42 Å². The fraction of sp³-hybridized carbons (Fsp3) is 0.500. The van der Waals surface area contributed by atoms with Crippen LogP contribution in [0.4, 0.5) is 0 Å². The van der Waals surface area contributed by atoms with Gasteiger partial charge in [0, 0.05) is 6.42 Å². The van der Waals surface area contributed by atoms with E-state index < -0.39 is 0 Å². The van der Waals surface area contributed by atoms with Crippen LogP contribution in [0.3, 0.4) is 0 Å². The van der Waals surface area contributed by atoms with E-state index in [1.165, 1.54) is 0 Å². The van der Waals surface area contributed by atoms with Crippen molar-refractivity contribution in [2.24, 2.45) is 0 Å². The van der Waals surface area contributed by atoms with Crippen LogP contribution in [0.25, 0.3) is 0 Å². The van der Waals surface area contributed by atoms with Crippen molar-refractivity contribution in [2.45, 2.75) is 19.9 Å². The molecule has 0 atom stereocenters. The van der Waals surface area contributed by atoms with Gasteiger partial charge in [0.1, 0.15) is 11.5 Å². The zero-order valence-electron chi connectivity index (χ0n) is 6.48. The summed E-state index contributed by atoms with van der Waals surface area (Å²) in [5.41, 5.74) is 0. The molecular weight excluding hydrogens is 126 g/mol. The fourth-order valence-corrected chi connectivity index (χ4v) is 0.882. The van der Waals surface area contributed by atoms with Crippen LogP contribution in [0, 0.1) is 0 Å². The summed E-state index contributed by atoms with van der Waals surface area (Å²) < 4.78 is 5.41. The molecule has 0 bridgehead atoms. The first-order valence-electron chi connectivity index (χ1n) is 3.59. The second kappa shape index (κ2) is 3.42. The maximum absolute atomic E-state index is 5.41. The van der Waals surface area contributed by atoms with Gasteiger partial charge in [-0.1, -0.05) is 6.92 Å². The highest BCUT2D eigenvalue weighted by Gasteiger charge is 1.96. The summed E-state index contributed by atoms with van der Waals surface area (Å²) in [6, 6.07) is 4.03. The SMILES string of the molecule is CCc1ccc(CNC)o1. The van der Waals surface area contributed by atoms with E-state index in [9.17, 15) is 0 Å². The lowest BCUT2D eigenvalue weighted by Crippen LogP contribution is -2.03. The van der Waals surface area contributed by atoms with Crippen LogP contribution < -0.4 is 5.32 Å². The Bertz CT molecular complexity index is 193. The van der Waals surface area contributed by atoms with Gasteiger partial charge in [0.25, 0.3) is 0 Å². The lowest BCUT2D eigenvalue weighted by Gasteiger charge is -1.92. The summed E-state index contributed by atoms with van der Waals surface area (Å²) >= 11 is 0. The molecule has 56 valence electrons. The van der Waals surface area contributed by atoms with Crippen molar-refractivity contribution in [1.82, 2.24) is 5.32 Å². The zero-order chi connectivity index (χ0) is 7.40. The number of furan rings is 1. The first kappa shape index (κ1) is 7.35. The minimum atomic E-state index is 0.819. The number of nitrogens with one attached hydrogen (secondary N) is 1. The van der Waals surface area contributed by atoms with E-state index in [0.717, 1.165) is 24.5 Å². The molecule has 2 heteroatoms. The van der Waals surface area contributed by atoms with Crippen LogP contribution in [0.2, 0.25) is 0 Å². The minimum absolute atomic E-state index is 0.819. The van der Waals surface area contributed by atoms with Gasteiger partial charge in [-0.25, -0.2) is 0 Å². The van der Waals surface area contributed by atoms with Gasteiger partial charge in [0.2, 0.25) is 0 Å². The summed E-state index contributed by atoms with van der Waals surface area (Å²) in [6.45, 7) is 2.90. The van der Waals surface area contributed by atoms with E-state index in [1.807, 2.05) is 19.2 Å². The monoisotopic (exact) mass is 139 g/mol. The first-order chi connectivity index (χ1) is 4.86. The smallest absolute Gasteiger partial charge is 0.117 e. The Balaban J connectivity index is 2.59. The van der Waals surface area contributed by atoms with Crippen molar-refractivity contribution in [3.05, 3.63) is 23.7 Å². The summed E-state index contributed by atoms with van der Waals surface area (Å²) in [7, 11) is 1.91. The van der Waals surface area contributed by atoms with Crippen molar-refractivity contribution < 1.29 is 4.42 Å². The molecule has 10 heavy (non-hydrogen) atoms. The third kappa shape index (κ3) is 1.61. The second-order valence-corrected chi connectivity index (χ2v) is 2.25. The molecule has 1 heterocycles. The lowest BCUT2D eigenvalue weighted by atomic mass is 10.3. The topological polar surface area (TPSA) is 25.2 Å². The van der Waals surface area contributed by atoms with Gasteiger partial charge in [-0.2, -0.15) is 0 Å². The average molecular weight is 139 g/mol. The van der Waals surface area contributed by atoms with E-state index >= 15 is 0 Å². The van der Waals surface area contributed by atoms with Crippen molar-refractivity contribution in [3.63, 3.8) is 0 Å². The summed E-state index contributed by atoms with van der Waals surface area (Å²) in [4.78, 5) is 0. The van der Waals surface area contributed by atoms with Crippen LogP contribution in [0.1, 0.15) is 18.4 Å². The fourth-order valence-electron chi connectivity index (χ4n) is 0.882. The van der Waals surface area contributed by atoms with Crippen LogP contribution in [-0.4, -0.2) is 7.05 Å². The van der Waals surface area contributed by atoms with Crippen molar-refractivity contribution in [1.29, 1.82) is 0 Å². The molecule has 0 spiro atoms. The Morgan fingerprint density at radius 3 is 2.60 bits per heavy atom. The number of aryl methyl sites for hydroxylation is 1. The quantitative estimate of drug-likeness (QED) is 0.687. The van der Waals surface area contributed by atoms with Crippen LogP contribution >= 0.6 is 0 Å². The molecular formula is C8H13NO. The van der Waals surface area contributed by atoms with Gasteiger partial charge >= 0.3 is 0 Å². The van der Waals surface area contributed by atoms with Gasteiger partial charge in [0.05, 0.1) is 6.54 Å². The standard InChI is InChI=1S/C8H13NO/c1-3-7-4-5-8(10-7)6-9-2/h4-5,9H,3,6H2,1-2H3. The Kier molecular flexibility index (Phi) is 2.51. The van der Waals surface area contributed by atoms with Gasteiger partial charge in [-0.05, 0) is 19.2 Å². The van der Waals surface area contributed by atoms with Gasteiger partial charge in [0.15, 0.2) is 0 Å². The molecule has 0 amide bonds. The first-order valence-corrected chi connectivity index (χ1v) is 3.59. The molecule has 0 aliphatic heterocycles. The van der Waals surface area contributed by atoms with E-state index in [2.05, 4.69) is 12.2 Å². The molecule has 0 aliphatic rings. The molecule has 0 aliphatic carbocycles. The minimum Gasteiger partial charge on any atom is -0.465 e. The maximum Gasteiger partial charge on any atom is 0.117 e. The highest BCUT2D eigenvalue weighted by molar-refractivity contribution is 5.06. The van der Waals surface area contributed by atoms with Crippen LogP contribution in [0.5, 0.6) is 0 Å². The zero-order valence-corrected chi connectivity index (χ0v) is 6.48. The Morgan fingerprint density at radius 1 is 1.40 bits per heavy atom. The Labute approximate surface area is 61.2 Å². The van der Waals surface area contributed by atoms with Crippen molar-refractivity contribution in [2.75, 3.05) is 7.05 Å². The maximum atomic E-state index is 5.41. The molecule has 0 fully saturated rings. The van der Waals surface area contributed by atoms with Gasteiger partial charge < -0.3 is 9.73 Å². The molecule has 0 aromatic carbocycles. The third-order valence-corrected chi connectivity index (χ3v) is 1.42. The highest BCUT2D eigenvalue weighted by atomic mass is 16.3. The molecule has 0 unspecified atom stereocenters. The molecule has 1 N–H and O–H groups in total. The summed E-state index contributed by atoms with van der Waals surface area (Å²) in [5.74, 6) is 2.07. The molecule has 0 saturated carbocycles. The Hall–Kier alpha value is -0.760.